The van der Waals surface area contributed by atoms with E-state index in [4.69, 9.17) is 14.0 Å². The van der Waals surface area contributed by atoms with E-state index in [1.807, 2.05) is 13.8 Å². The van der Waals surface area contributed by atoms with Crippen molar-refractivity contribution in [2.75, 3.05) is 17.9 Å². The zero-order chi connectivity index (χ0) is 34.7. The molecule has 0 atom stereocenters. The molecule has 2 N–H and O–H groups in total. The maximum absolute atomic E-state index is 13.7. The van der Waals surface area contributed by atoms with Gasteiger partial charge < -0.3 is 23.7 Å². The number of anilines is 1. The van der Waals surface area contributed by atoms with Crippen molar-refractivity contribution < 1.29 is 35.1 Å². The zero-order valence-corrected chi connectivity index (χ0v) is 27.5. The predicted octanol–water partition coefficient (Wildman–Crippen LogP) is 5.90. The molecule has 2 aromatic heterocycles. The van der Waals surface area contributed by atoms with Gasteiger partial charge in [-0.25, -0.2) is 18.2 Å². The summed E-state index contributed by atoms with van der Waals surface area (Å²) in [5.41, 5.74) is 0.379. The Morgan fingerprint density at radius 2 is 1.84 bits per heavy atom. The van der Waals surface area contributed by atoms with Crippen LogP contribution in [0.25, 0.3) is 11.1 Å². The number of nitrogens with one attached hydrogen (secondary N) is 1. The van der Waals surface area contributed by atoms with Crippen LogP contribution in [0.3, 0.4) is 0 Å². The van der Waals surface area contributed by atoms with Gasteiger partial charge in [0.2, 0.25) is 0 Å². The summed E-state index contributed by atoms with van der Waals surface area (Å²) in [6.45, 7) is 9.81. The van der Waals surface area contributed by atoms with Gasteiger partial charge >= 0.3 is 5.97 Å². The van der Waals surface area contributed by atoms with Crippen molar-refractivity contribution in [1.29, 1.82) is 0 Å². The fourth-order valence-electron chi connectivity index (χ4n) is 4.80. The van der Waals surface area contributed by atoms with Crippen LogP contribution in [0.2, 0.25) is 0 Å². The maximum Gasteiger partial charge on any atom is 0.357 e. The molecule has 0 bridgehead atoms. The molecule has 4 rings (SSSR count). The van der Waals surface area contributed by atoms with Crippen LogP contribution in [0, 0.1) is 13.8 Å². The molecule has 4 aromatic rings. The van der Waals surface area contributed by atoms with Crippen molar-refractivity contribution in [3.8, 4) is 11.1 Å². The smallest absolute Gasteiger partial charge is 0.357 e. The van der Waals surface area contributed by atoms with Crippen LogP contribution in [0.4, 0.5) is 5.82 Å². The van der Waals surface area contributed by atoms with Gasteiger partial charge in [-0.1, -0.05) is 48.5 Å². The lowest BCUT2D eigenvalue weighted by Gasteiger charge is -2.19. The number of carbonyl (C=O) groups is 1. The third-order valence-electron chi connectivity index (χ3n) is 7.13. The molecule has 0 aliphatic heterocycles. The minimum atomic E-state index is -4.14. The van der Waals surface area contributed by atoms with Crippen LogP contribution in [0.1, 0.15) is 88.2 Å². The number of sulfonamides is 1. The molecule has 0 saturated heterocycles. The van der Waals surface area contributed by atoms with Gasteiger partial charge in [0.05, 0.1) is 20.9 Å². The van der Waals surface area contributed by atoms with Crippen LogP contribution < -0.4 is 4.72 Å². The molecule has 0 radical (unpaired) electrons. The number of carbonyl (C=O) groups excluding carboxylic acids is 1. The van der Waals surface area contributed by atoms with Gasteiger partial charge in [0, 0.05) is 30.7 Å². The third kappa shape index (κ3) is 7.46. The van der Waals surface area contributed by atoms with Crippen LogP contribution >= 0.6 is 0 Å². The molecule has 11 nitrogen and oxygen atoms in total. The summed E-state index contributed by atoms with van der Waals surface area (Å²) < 4.78 is 66.0. The summed E-state index contributed by atoms with van der Waals surface area (Å²) in [6, 6.07) is 11.2. The van der Waals surface area contributed by atoms with E-state index in [0.29, 0.717) is 47.5 Å². The second kappa shape index (κ2) is 14.0. The van der Waals surface area contributed by atoms with Gasteiger partial charge in [0.15, 0.2) is 11.5 Å². The van der Waals surface area contributed by atoms with Crippen LogP contribution in [0.15, 0.2) is 51.9 Å². The first-order chi connectivity index (χ1) is 22.1. The summed E-state index contributed by atoms with van der Waals surface area (Å²) in [6.07, 6.45) is 0.927. The molecule has 12 heteroatoms. The number of esters is 1. The molecule has 0 amide bonds. The van der Waals surface area contributed by atoms with E-state index in [1.54, 1.807) is 57.2 Å². The van der Waals surface area contributed by atoms with E-state index in [1.165, 1.54) is 24.5 Å². The quantitative estimate of drug-likeness (QED) is 0.161. The number of benzene rings is 2. The molecule has 0 fully saturated rings. The van der Waals surface area contributed by atoms with E-state index >= 15 is 0 Å². The molecular formula is C33H42N4O7S. The molecule has 0 saturated carbocycles. The number of hydrogen-bond donors (Lipinski definition) is 2. The van der Waals surface area contributed by atoms with Gasteiger partial charge in [-0.2, -0.15) is 0 Å². The van der Waals surface area contributed by atoms with Gasteiger partial charge in [-0.3, -0.25) is 4.72 Å². The molecular weight excluding hydrogens is 596 g/mol. The molecule has 2 aromatic carbocycles. The SMILES string of the molecule is [2H]C([2H])(c1ccc(-c2ccccc2S(=O)(=O)Nc2noc(C)c2C)c(COCC)c1)n1c(CCC)nc(C(C)(C)O)c1C(=O)OCC. The highest BCUT2D eigenvalue weighted by Gasteiger charge is 2.32. The molecule has 0 aliphatic carbocycles. The fraction of sp³-hybridized carbons (Fsp3) is 0.424. The minimum absolute atomic E-state index is 0.0126. The summed E-state index contributed by atoms with van der Waals surface area (Å²) in [7, 11) is -4.14. The number of aromatic nitrogens is 3. The molecule has 0 unspecified atom stereocenters. The largest absolute Gasteiger partial charge is 0.461 e. The number of aryl methyl sites for hydroxylation is 2. The lowest BCUT2D eigenvalue weighted by molar-refractivity contribution is 0.0469. The highest BCUT2D eigenvalue weighted by molar-refractivity contribution is 7.92. The standard InChI is InChI=1S/C33H42N4O7S/c1-8-13-28-34-30(33(6,7)39)29(32(38)43-10-3)37(28)19-23-16-17-25(24(18-23)20-42-9-2)26-14-11-12-15-27(26)45(40,41)36-31-21(4)22(5)44-35-31/h11-12,14-18,39H,8-10,13,19-20H2,1-7H3,(H,35,36)/i19D2. The van der Waals surface area contributed by atoms with Crippen LogP contribution in [0.5, 0.6) is 0 Å². The van der Waals surface area contributed by atoms with E-state index in [2.05, 4.69) is 14.9 Å². The Kier molecular flexibility index (Phi) is 9.62. The topological polar surface area (TPSA) is 146 Å². The lowest BCUT2D eigenvalue weighted by atomic mass is 9.97. The Morgan fingerprint density at radius 1 is 1.11 bits per heavy atom. The Hall–Kier alpha value is -4.00. The zero-order valence-electron chi connectivity index (χ0n) is 28.7. The molecule has 45 heavy (non-hydrogen) atoms. The maximum atomic E-state index is 13.7. The highest BCUT2D eigenvalue weighted by atomic mass is 32.2. The second-order valence-corrected chi connectivity index (χ2v) is 12.7. The predicted molar refractivity (Wildman–Crippen MR) is 171 cm³/mol. The number of hydrogen-bond acceptors (Lipinski definition) is 9. The van der Waals surface area contributed by atoms with Crippen molar-refractivity contribution in [2.45, 2.75) is 84.9 Å². The average molecular weight is 641 g/mol. The first-order valence-corrected chi connectivity index (χ1v) is 16.3. The normalized spacial score (nSPS) is 13.0. The van der Waals surface area contributed by atoms with Crippen LogP contribution in [-0.4, -0.2) is 47.4 Å². The summed E-state index contributed by atoms with van der Waals surface area (Å²) >= 11 is 0. The van der Waals surface area contributed by atoms with Gasteiger partial charge in [0.1, 0.15) is 22.9 Å². The van der Waals surface area contributed by atoms with E-state index in [0.717, 1.165) is 0 Å². The molecule has 0 spiro atoms. The second-order valence-electron chi connectivity index (χ2n) is 11.0. The van der Waals surface area contributed by atoms with E-state index in [9.17, 15) is 21.1 Å². The fourth-order valence-corrected chi connectivity index (χ4v) is 6.08. The monoisotopic (exact) mass is 640 g/mol. The van der Waals surface area contributed by atoms with Gasteiger partial charge in [-0.15, -0.1) is 0 Å². The third-order valence-corrected chi connectivity index (χ3v) is 8.53. The number of aliphatic hydroxyl groups is 1. The number of ether oxygens (including phenoxy) is 2. The Labute approximate surface area is 267 Å². The number of imidazole rings is 1. The highest BCUT2D eigenvalue weighted by Crippen LogP contribution is 2.34. The Balaban J connectivity index is 1.91. The van der Waals surface area contributed by atoms with Crippen molar-refractivity contribution in [1.82, 2.24) is 14.7 Å². The lowest BCUT2D eigenvalue weighted by Crippen LogP contribution is -2.23. The van der Waals surface area contributed by atoms with Crippen molar-refractivity contribution in [3.05, 3.63) is 82.1 Å². The Morgan fingerprint density at radius 3 is 2.47 bits per heavy atom. The minimum Gasteiger partial charge on any atom is -0.461 e. The first-order valence-electron chi connectivity index (χ1n) is 15.9. The van der Waals surface area contributed by atoms with Gasteiger partial charge in [-0.05, 0) is 70.7 Å². The summed E-state index contributed by atoms with van der Waals surface area (Å²) in [5, 5.41) is 14.8. The van der Waals surface area contributed by atoms with Crippen molar-refractivity contribution >= 4 is 21.8 Å². The Bertz CT molecular complexity index is 1860. The van der Waals surface area contributed by atoms with Crippen molar-refractivity contribution in [2.24, 2.45) is 0 Å². The average Bonchev–Trinajstić information content (AvgIpc) is 3.56. The summed E-state index contributed by atoms with van der Waals surface area (Å²) in [4.78, 5) is 17.8. The van der Waals surface area contributed by atoms with E-state index in [-0.39, 0.29) is 46.7 Å². The molecule has 2 heterocycles. The van der Waals surface area contributed by atoms with E-state index < -0.39 is 28.1 Å². The summed E-state index contributed by atoms with van der Waals surface area (Å²) in [5.74, 6) is 0.0368. The van der Waals surface area contributed by atoms with Gasteiger partial charge in [0.25, 0.3) is 10.0 Å². The first kappa shape index (κ1) is 31.0. The molecule has 0 aliphatic rings. The number of nitrogens with zero attached hydrogens (tertiary/aromatic N) is 3. The van der Waals surface area contributed by atoms with Crippen molar-refractivity contribution in [3.63, 3.8) is 0 Å². The number of rotatable bonds is 14. The van der Waals surface area contributed by atoms with Crippen LogP contribution in [-0.2, 0) is 44.6 Å². The molecule has 242 valence electrons.